The molecule has 0 saturated heterocycles. The summed E-state index contributed by atoms with van der Waals surface area (Å²) < 4.78 is 0. The van der Waals surface area contributed by atoms with E-state index in [9.17, 15) is 19.2 Å². The maximum Gasteiger partial charge on any atom is 0.322 e. The molecule has 16 heteroatoms. The Morgan fingerprint density at radius 1 is 0.333 bits per heavy atom. The van der Waals surface area contributed by atoms with Gasteiger partial charge in [0.05, 0.1) is 0 Å². The van der Waals surface area contributed by atoms with Crippen LogP contribution in [0.15, 0.2) is 97.1 Å². The number of rotatable bonds is 12. The Morgan fingerprint density at radius 2 is 0.479 bits per heavy atom. The fourth-order valence-corrected chi connectivity index (χ4v) is 3.03. The minimum Gasteiger partial charge on any atom is -0.508 e. The van der Waals surface area contributed by atoms with Crippen molar-refractivity contribution in [2.75, 3.05) is 47.4 Å². The van der Waals surface area contributed by atoms with Crippen molar-refractivity contribution in [3.63, 3.8) is 0 Å². The number of phenols is 4. The molecule has 0 radical (unpaired) electrons. The van der Waals surface area contributed by atoms with Gasteiger partial charge in [-0.1, -0.05) is 0 Å². The van der Waals surface area contributed by atoms with E-state index in [1.165, 1.54) is 48.5 Å². The lowest BCUT2D eigenvalue weighted by molar-refractivity contribution is -0.135. The van der Waals surface area contributed by atoms with E-state index in [-0.39, 0.29) is 49.2 Å². The Kier molecular flexibility index (Phi) is 17.8. The highest BCUT2D eigenvalue weighted by atomic mass is 16.4. The fraction of sp³-hybridized carbons (Fsp3) is 0.125. The van der Waals surface area contributed by atoms with Gasteiger partial charge in [0.1, 0.15) is 49.2 Å². The lowest BCUT2D eigenvalue weighted by Crippen LogP contribution is -2.11. The summed E-state index contributed by atoms with van der Waals surface area (Å²) in [5.41, 5.74) is 2.70. The highest BCUT2D eigenvalue weighted by Gasteiger charge is 1.98. The smallest absolute Gasteiger partial charge is 0.322 e. The maximum absolute atomic E-state index is 10.1. The van der Waals surface area contributed by atoms with Crippen LogP contribution in [0.1, 0.15) is 0 Å². The summed E-state index contributed by atoms with van der Waals surface area (Å²) in [6.07, 6.45) is 0. The third kappa shape index (κ3) is 20.2. The zero-order chi connectivity index (χ0) is 35.9. The predicted molar refractivity (Wildman–Crippen MR) is 177 cm³/mol. The van der Waals surface area contributed by atoms with Crippen molar-refractivity contribution < 1.29 is 60.0 Å². The van der Waals surface area contributed by atoms with Gasteiger partial charge in [0.25, 0.3) is 0 Å². The van der Waals surface area contributed by atoms with Crippen molar-refractivity contribution in [3.05, 3.63) is 97.1 Å². The molecule has 12 N–H and O–H groups in total. The number of hydrogen-bond donors (Lipinski definition) is 12. The second-order valence-electron chi connectivity index (χ2n) is 9.18. The summed E-state index contributed by atoms with van der Waals surface area (Å²) in [5, 5.41) is 79.5. The van der Waals surface area contributed by atoms with Gasteiger partial charge in [-0.15, -0.1) is 0 Å². The average Bonchev–Trinajstić information content (AvgIpc) is 3.04. The van der Waals surface area contributed by atoms with Crippen LogP contribution in [0.3, 0.4) is 0 Å². The quantitative estimate of drug-likeness (QED) is 0.0961. The van der Waals surface area contributed by atoms with Crippen molar-refractivity contribution in [2.24, 2.45) is 0 Å². The van der Waals surface area contributed by atoms with Crippen LogP contribution in [0.25, 0.3) is 0 Å². The first-order chi connectivity index (χ1) is 22.7. The van der Waals surface area contributed by atoms with Gasteiger partial charge in [-0.05, 0) is 97.1 Å². The highest BCUT2D eigenvalue weighted by Crippen LogP contribution is 2.15. The highest BCUT2D eigenvalue weighted by molar-refractivity contribution is 5.74. The molecule has 0 heterocycles. The van der Waals surface area contributed by atoms with Gasteiger partial charge < -0.3 is 62.1 Å². The SMILES string of the molecule is O=C(O)CNc1ccc(O)cc1.O=C(O)CNc1ccc(O)cc1.O=C(O)CNc1ccc(O)cc1.O=C(O)CNc1ccc(O)cc1. The molecule has 0 spiro atoms. The number of nitrogens with one attached hydrogen (secondary N) is 4. The van der Waals surface area contributed by atoms with Crippen LogP contribution in [-0.2, 0) is 19.2 Å². The molecule has 0 amide bonds. The van der Waals surface area contributed by atoms with Gasteiger partial charge in [0.15, 0.2) is 0 Å². The third-order valence-corrected chi connectivity index (χ3v) is 5.24. The van der Waals surface area contributed by atoms with Crippen LogP contribution in [0.2, 0.25) is 0 Å². The average molecular weight is 669 g/mol. The Balaban J connectivity index is 0.000000320. The van der Waals surface area contributed by atoms with E-state index in [0.717, 1.165) is 0 Å². The van der Waals surface area contributed by atoms with E-state index in [0.29, 0.717) is 22.7 Å². The molecule has 4 rings (SSSR count). The van der Waals surface area contributed by atoms with Gasteiger partial charge in [-0.25, -0.2) is 0 Å². The van der Waals surface area contributed by atoms with Gasteiger partial charge in [-0.3, -0.25) is 19.2 Å². The molecule has 0 aromatic heterocycles. The number of phenolic OH excluding ortho intramolecular Hbond substituents is 4. The molecule has 16 nitrogen and oxygen atoms in total. The van der Waals surface area contributed by atoms with E-state index >= 15 is 0 Å². The van der Waals surface area contributed by atoms with Gasteiger partial charge in [0.2, 0.25) is 0 Å². The van der Waals surface area contributed by atoms with Crippen LogP contribution in [0, 0.1) is 0 Å². The van der Waals surface area contributed by atoms with Crippen LogP contribution in [-0.4, -0.2) is 90.9 Å². The first-order valence-electron chi connectivity index (χ1n) is 13.7. The fourth-order valence-electron chi connectivity index (χ4n) is 3.03. The number of hydrogen-bond acceptors (Lipinski definition) is 12. The minimum atomic E-state index is -0.914. The number of carbonyl (C=O) groups is 4. The number of carboxylic acids is 4. The molecule has 4 aromatic carbocycles. The molecule has 48 heavy (non-hydrogen) atoms. The normalized spacial score (nSPS) is 9.33. The number of aromatic hydroxyl groups is 4. The number of aliphatic carboxylic acids is 4. The Labute approximate surface area is 274 Å². The largest absolute Gasteiger partial charge is 0.508 e. The topological polar surface area (TPSA) is 278 Å². The Bertz CT molecular complexity index is 1310. The second kappa shape index (κ2) is 21.8. The van der Waals surface area contributed by atoms with Crippen LogP contribution >= 0.6 is 0 Å². The van der Waals surface area contributed by atoms with Gasteiger partial charge in [-0.2, -0.15) is 0 Å². The number of anilines is 4. The molecule has 0 saturated carbocycles. The zero-order valence-electron chi connectivity index (χ0n) is 25.3. The molecule has 0 unspecified atom stereocenters. The summed E-state index contributed by atoms with van der Waals surface area (Å²) >= 11 is 0. The van der Waals surface area contributed by atoms with Crippen LogP contribution < -0.4 is 21.3 Å². The summed E-state index contributed by atoms with van der Waals surface area (Å²) in [7, 11) is 0. The zero-order valence-corrected chi connectivity index (χ0v) is 25.3. The summed E-state index contributed by atoms with van der Waals surface area (Å²) in [4.78, 5) is 40.5. The van der Waals surface area contributed by atoms with Crippen molar-refractivity contribution in [1.82, 2.24) is 0 Å². The predicted octanol–water partition coefficient (Wildman–Crippen LogP) is 3.55. The Hall–Kier alpha value is -6.84. The molecule has 256 valence electrons. The Morgan fingerprint density at radius 3 is 0.604 bits per heavy atom. The molecule has 4 aromatic rings. The minimum absolute atomic E-state index is 0.120. The second-order valence-corrected chi connectivity index (χ2v) is 9.18. The van der Waals surface area contributed by atoms with E-state index in [1.54, 1.807) is 48.5 Å². The summed E-state index contributed by atoms with van der Waals surface area (Å²) in [6.45, 7) is -0.481. The lowest BCUT2D eigenvalue weighted by Gasteiger charge is -2.01. The summed E-state index contributed by atoms with van der Waals surface area (Å²) in [6, 6.07) is 24.8. The van der Waals surface area contributed by atoms with E-state index in [1.807, 2.05) is 0 Å². The van der Waals surface area contributed by atoms with Crippen molar-refractivity contribution in [3.8, 4) is 23.0 Å². The maximum atomic E-state index is 10.1. The van der Waals surface area contributed by atoms with Crippen LogP contribution in [0.4, 0.5) is 22.7 Å². The van der Waals surface area contributed by atoms with Crippen molar-refractivity contribution in [2.45, 2.75) is 0 Å². The molecule has 0 atom stereocenters. The molecular formula is C32H36N4O12. The first-order valence-corrected chi connectivity index (χ1v) is 13.7. The number of benzene rings is 4. The third-order valence-electron chi connectivity index (χ3n) is 5.24. The van der Waals surface area contributed by atoms with E-state index in [2.05, 4.69) is 21.3 Å². The van der Waals surface area contributed by atoms with Gasteiger partial charge in [0, 0.05) is 22.7 Å². The van der Waals surface area contributed by atoms with Crippen LogP contribution in [0.5, 0.6) is 23.0 Å². The molecule has 0 aliphatic heterocycles. The van der Waals surface area contributed by atoms with Gasteiger partial charge >= 0.3 is 23.9 Å². The van der Waals surface area contributed by atoms with E-state index < -0.39 is 23.9 Å². The van der Waals surface area contributed by atoms with Crippen molar-refractivity contribution >= 4 is 46.6 Å². The first kappa shape index (κ1) is 39.2. The van der Waals surface area contributed by atoms with Crippen molar-refractivity contribution in [1.29, 1.82) is 0 Å². The number of carboxylic acid groups (broad SMARTS) is 4. The standard InChI is InChI=1S/4C8H9NO3/c4*10-7-3-1-6(2-4-7)9-5-8(11)12/h4*1-4,9-10H,5H2,(H,11,12). The monoisotopic (exact) mass is 668 g/mol. The lowest BCUT2D eigenvalue weighted by atomic mass is 10.3. The molecule has 0 aliphatic carbocycles. The molecular weight excluding hydrogens is 632 g/mol. The molecule has 0 aliphatic rings. The molecule has 0 bridgehead atoms. The van der Waals surface area contributed by atoms with E-state index in [4.69, 9.17) is 40.9 Å². The molecule has 0 fully saturated rings. The summed E-state index contributed by atoms with van der Waals surface area (Å²) in [5.74, 6) is -3.00.